The molecule has 0 aliphatic carbocycles. The minimum atomic E-state index is 0.274. The Kier molecular flexibility index (Phi) is 3.16. The second kappa shape index (κ2) is 4.83. The summed E-state index contributed by atoms with van der Waals surface area (Å²) in [5.74, 6) is 1.72. The molecule has 0 unspecified atom stereocenters. The zero-order valence-corrected chi connectivity index (χ0v) is 12.1. The minimum Gasteiger partial charge on any atom is -0.467 e. The molecule has 98 valence electrons. The molecular formula is C13H12ClN3OS. The van der Waals surface area contributed by atoms with Crippen molar-refractivity contribution in [3.8, 4) is 0 Å². The summed E-state index contributed by atoms with van der Waals surface area (Å²) in [6.07, 6.45) is 1.67. The van der Waals surface area contributed by atoms with Gasteiger partial charge >= 0.3 is 0 Å². The molecule has 0 aromatic carbocycles. The molecular weight excluding hydrogens is 282 g/mol. The van der Waals surface area contributed by atoms with E-state index >= 15 is 0 Å². The van der Waals surface area contributed by atoms with E-state index in [0.717, 1.165) is 21.8 Å². The maximum atomic E-state index is 5.99. The van der Waals surface area contributed by atoms with Crippen molar-refractivity contribution in [2.45, 2.75) is 13.5 Å². The van der Waals surface area contributed by atoms with Crippen LogP contribution in [0, 0.1) is 6.92 Å². The molecule has 0 aliphatic rings. The Morgan fingerprint density at radius 2 is 2.26 bits per heavy atom. The highest BCUT2D eigenvalue weighted by molar-refractivity contribution is 7.18. The topological polar surface area (TPSA) is 42.2 Å². The van der Waals surface area contributed by atoms with Crippen molar-refractivity contribution in [3.63, 3.8) is 0 Å². The van der Waals surface area contributed by atoms with Crippen molar-refractivity contribution in [1.82, 2.24) is 9.97 Å². The first-order valence-corrected chi connectivity index (χ1v) is 7.00. The number of hydrogen-bond acceptors (Lipinski definition) is 5. The molecule has 4 nitrogen and oxygen atoms in total. The van der Waals surface area contributed by atoms with Gasteiger partial charge in [0.15, 0.2) is 0 Å². The highest BCUT2D eigenvalue weighted by Gasteiger charge is 2.14. The van der Waals surface area contributed by atoms with E-state index < -0.39 is 0 Å². The van der Waals surface area contributed by atoms with Gasteiger partial charge in [0.2, 0.25) is 5.28 Å². The normalized spacial score (nSPS) is 11.1. The molecule has 3 aromatic heterocycles. The van der Waals surface area contributed by atoms with Crippen LogP contribution in [0.1, 0.15) is 10.6 Å². The SMILES string of the molecule is Cc1cc2c(N(C)Cc3ccco3)nc(Cl)nc2s1. The first kappa shape index (κ1) is 12.4. The molecule has 0 saturated heterocycles. The second-order valence-electron chi connectivity index (χ2n) is 4.33. The summed E-state index contributed by atoms with van der Waals surface area (Å²) in [4.78, 5) is 12.7. The Labute approximate surface area is 119 Å². The zero-order valence-electron chi connectivity index (χ0n) is 10.6. The molecule has 0 aliphatic heterocycles. The fourth-order valence-electron chi connectivity index (χ4n) is 2.00. The van der Waals surface area contributed by atoms with Gasteiger partial charge in [-0.1, -0.05) is 0 Å². The van der Waals surface area contributed by atoms with E-state index in [-0.39, 0.29) is 5.28 Å². The van der Waals surface area contributed by atoms with E-state index in [0.29, 0.717) is 6.54 Å². The summed E-state index contributed by atoms with van der Waals surface area (Å²) in [6.45, 7) is 2.70. The number of furan rings is 1. The predicted octanol–water partition coefficient (Wildman–Crippen LogP) is 3.88. The average Bonchev–Trinajstić information content (AvgIpc) is 2.96. The van der Waals surface area contributed by atoms with Crippen LogP contribution in [0.4, 0.5) is 5.82 Å². The third kappa shape index (κ3) is 2.43. The van der Waals surface area contributed by atoms with Crippen LogP contribution in [-0.4, -0.2) is 17.0 Å². The van der Waals surface area contributed by atoms with Crippen molar-refractivity contribution in [2.24, 2.45) is 0 Å². The van der Waals surface area contributed by atoms with Gasteiger partial charge in [0.25, 0.3) is 0 Å². The van der Waals surface area contributed by atoms with Gasteiger partial charge in [0.05, 0.1) is 18.2 Å². The van der Waals surface area contributed by atoms with Crippen molar-refractivity contribution >= 4 is 39.0 Å². The van der Waals surface area contributed by atoms with Gasteiger partial charge in [0.1, 0.15) is 16.4 Å². The standard InChI is InChI=1S/C13H12ClN3OS/c1-8-6-10-11(15-13(14)16-12(10)19-8)17(2)7-9-4-3-5-18-9/h3-6H,7H2,1-2H3. The fraction of sp³-hybridized carbons (Fsp3) is 0.231. The van der Waals surface area contributed by atoms with Crippen molar-refractivity contribution in [1.29, 1.82) is 0 Å². The number of fused-ring (bicyclic) bond motifs is 1. The third-order valence-corrected chi connectivity index (χ3v) is 3.92. The van der Waals surface area contributed by atoms with Gasteiger partial charge in [-0.15, -0.1) is 11.3 Å². The largest absolute Gasteiger partial charge is 0.467 e. The van der Waals surface area contributed by atoms with Gasteiger partial charge < -0.3 is 9.32 Å². The monoisotopic (exact) mass is 293 g/mol. The van der Waals surface area contributed by atoms with Crippen LogP contribution in [-0.2, 0) is 6.54 Å². The van der Waals surface area contributed by atoms with E-state index in [1.165, 1.54) is 4.88 Å². The number of rotatable bonds is 3. The summed E-state index contributed by atoms with van der Waals surface area (Å²) in [5.41, 5.74) is 0. The summed E-state index contributed by atoms with van der Waals surface area (Å²) in [6, 6.07) is 5.90. The van der Waals surface area contributed by atoms with Gasteiger partial charge in [-0.2, -0.15) is 4.98 Å². The number of hydrogen-bond donors (Lipinski definition) is 0. The van der Waals surface area contributed by atoms with Crippen LogP contribution in [0.15, 0.2) is 28.9 Å². The average molecular weight is 294 g/mol. The van der Waals surface area contributed by atoms with E-state index in [2.05, 4.69) is 23.0 Å². The summed E-state index contributed by atoms with van der Waals surface area (Å²) in [7, 11) is 1.97. The van der Waals surface area contributed by atoms with Gasteiger partial charge in [-0.25, -0.2) is 4.98 Å². The van der Waals surface area contributed by atoms with Crippen LogP contribution >= 0.6 is 22.9 Å². The van der Waals surface area contributed by atoms with E-state index in [9.17, 15) is 0 Å². The molecule has 0 N–H and O–H groups in total. The Hall–Kier alpha value is -1.59. The van der Waals surface area contributed by atoms with Gasteiger partial charge in [-0.05, 0) is 36.7 Å². The number of aryl methyl sites for hydroxylation is 1. The van der Waals surface area contributed by atoms with Crippen LogP contribution in [0.5, 0.6) is 0 Å². The lowest BCUT2D eigenvalue weighted by Crippen LogP contribution is -2.17. The molecule has 0 spiro atoms. The van der Waals surface area contributed by atoms with Crippen LogP contribution in [0.3, 0.4) is 0 Å². The molecule has 0 radical (unpaired) electrons. The molecule has 0 amide bonds. The summed E-state index contributed by atoms with van der Waals surface area (Å²) >= 11 is 7.61. The molecule has 0 bridgehead atoms. The molecule has 3 heterocycles. The first-order valence-electron chi connectivity index (χ1n) is 5.80. The summed E-state index contributed by atoms with van der Waals surface area (Å²) < 4.78 is 5.36. The number of nitrogens with zero attached hydrogens (tertiary/aromatic N) is 3. The van der Waals surface area contributed by atoms with E-state index in [1.807, 2.05) is 24.1 Å². The van der Waals surface area contributed by atoms with E-state index in [4.69, 9.17) is 16.0 Å². The quantitative estimate of drug-likeness (QED) is 0.687. The number of anilines is 1. The minimum absolute atomic E-state index is 0.274. The lowest BCUT2D eigenvalue weighted by molar-refractivity contribution is 0.507. The van der Waals surface area contributed by atoms with Crippen LogP contribution in [0.25, 0.3) is 10.2 Å². The molecule has 3 rings (SSSR count). The Morgan fingerprint density at radius 1 is 1.42 bits per heavy atom. The number of thiophene rings is 1. The van der Waals surface area contributed by atoms with E-state index in [1.54, 1.807) is 17.6 Å². The van der Waals surface area contributed by atoms with Gasteiger partial charge in [-0.3, -0.25) is 0 Å². The van der Waals surface area contributed by atoms with Gasteiger partial charge in [0, 0.05) is 11.9 Å². The smallest absolute Gasteiger partial charge is 0.225 e. The molecule has 6 heteroatoms. The molecule has 19 heavy (non-hydrogen) atoms. The Morgan fingerprint density at radius 3 is 3.00 bits per heavy atom. The molecule has 0 fully saturated rings. The third-order valence-electron chi connectivity index (χ3n) is 2.80. The zero-order chi connectivity index (χ0) is 13.4. The number of halogens is 1. The Balaban J connectivity index is 2.03. The summed E-state index contributed by atoms with van der Waals surface area (Å²) in [5, 5.41) is 1.30. The lowest BCUT2D eigenvalue weighted by Gasteiger charge is -2.17. The lowest BCUT2D eigenvalue weighted by atomic mass is 10.3. The van der Waals surface area contributed by atoms with Crippen molar-refractivity contribution < 1.29 is 4.42 Å². The second-order valence-corrected chi connectivity index (χ2v) is 5.90. The highest BCUT2D eigenvalue weighted by atomic mass is 35.5. The molecule has 3 aromatic rings. The van der Waals surface area contributed by atoms with Crippen molar-refractivity contribution in [2.75, 3.05) is 11.9 Å². The molecule has 0 saturated carbocycles. The maximum Gasteiger partial charge on any atom is 0.225 e. The first-order chi connectivity index (χ1) is 9.13. The fourth-order valence-corrected chi connectivity index (χ4v) is 3.09. The highest BCUT2D eigenvalue weighted by Crippen LogP contribution is 2.31. The maximum absolute atomic E-state index is 5.99. The van der Waals surface area contributed by atoms with Crippen LogP contribution in [0.2, 0.25) is 5.28 Å². The molecule has 0 atom stereocenters. The van der Waals surface area contributed by atoms with Crippen molar-refractivity contribution in [3.05, 3.63) is 40.4 Å². The number of aromatic nitrogens is 2. The van der Waals surface area contributed by atoms with Crippen LogP contribution < -0.4 is 4.90 Å². The predicted molar refractivity (Wildman–Crippen MR) is 78.0 cm³/mol. The Bertz CT molecular complexity index is 708.